The zero-order valence-electron chi connectivity index (χ0n) is 11.6. The van der Waals surface area contributed by atoms with Gasteiger partial charge in [-0.25, -0.2) is 0 Å². The fraction of sp³-hybridized carbons (Fsp3) is 0.278. The van der Waals surface area contributed by atoms with Crippen molar-refractivity contribution in [3.63, 3.8) is 0 Å². The normalized spacial score (nSPS) is 19.2. The first-order valence-corrected chi connectivity index (χ1v) is 7.13. The first-order valence-electron chi connectivity index (χ1n) is 7.13. The van der Waals surface area contributed by atoms with Gasteiger partial charge in [-0.3, -0.25) is 0 Å². The highest BCUT2D eigenvalue weighted by Crippen LogP contribution is 2.38. The van der Waals surface area contributed by atoms with Crippen LogP contribution >= 0.6 is 0 Å². The minimum absolute atomic E-state index is 0.500. The van der Waals surface area contributed by atoms with E-state index in [9.17, 15) is 0 Å². The Bertz CT molecular complexity index is 557. The molecule has 2 aromatic rings. The summed E-state index contributed by atoms with van der Waals surface area (Å²) in [7, 11) is 0. The summed E-state index contributed by atoms with van der Waals surface area (Å²) in [5, 5.41) is 8.98. The Morgan fingerprint density at radius 1 is 0.900 bits per heavy atom. The van der Waals surface area contributed by atoms with E-state index < -0.39 is 0 Å². The van der Waals surface area contributed by atoms with Gasteiger partial charge in [-0.05, 0) is 0 Å². The molecule has 0 amide bonds. The molecule has 3 rings (SSSR count). The molecular weight excluding hydrogens is 244 g/mol. The van der Waals surface area contributed by atoms with Crippen LogP contribution in [0.15, 0.2) is 60.7 Å². The lowest BCUT2D eigenvalue weighted by atomic mass is 10.1. The molecule has 100 valence electrons. The van der Waals surface area contributed by atoms with Gasteiger partial charge in [-0.2, -0.15) is 5.26 Å². The van der Waals surface area contributed by atoms with Crippen LogP contribution in [-0.2, 0) is 13.1 Å². The second kappa shape index (κ2) is 5.48. The fourth-order valence-corrected chi connectivity index (χ4v) is 3.07. The van der Waals surface area contributed by atoms with Crippen LogP contribution in [0, 0.1) is 11.3 Å². The minimum Gasteiger partial charge on any atom is -0.303 e. The third-order valence-corrected chi connectivity index (χ3v) is 4.22. The van der Waals surface area contributed by atoms with Crippen molar-refractivity contribution >= 4 is 0 Å². The fourth-order valence-electron chi connectivity index (χ4n) is 3.07. The SMILES string of the molecule is N#CCC1C[N+]1(Cc1ccccc1)Cc1ccccc1. The zero-order valence-corrected chi connectivity index (χ0v) is 11.6. The van der Waals surface area contributed by atoms with Crippen LogP contribution in [0.1, 0.15) is 17.5 Å². The van der Waals surface area contributed by atoms with E-state index >= 15 is 0 Å². The van der Waals surface area contributed by atoms with Crippen LogP contribution in [0.25, 0.3) is 0 Å². The molecule has 0 spiro atoms. The van der Waals surface area contributed by atoms with Gasteiger partial charge in [-0.15, -0.1) is 0 Å². The molecule has 0 N–H and O–H groups in total. The predicted octanol–water partition coefficient (Wildman–Crippen LogP) is 3.50. The molecular formula is C18H19N2+. The van der Waals surface area contributed by atoms with E-state index in [1.54, 1.807) is 0 Å². The van der Waals surface area contributed by atoms with Gasteiger partial charge in [0.2, 0.25) is 0 Å². The van der Waals surface area contributed by atoms with Crippen LogP contribution in [0.4, 0.5) is 0 Å². The van der Waals surface area contributed by atoms with Crippen molar-refractivity contribution < 1.29 is 4.48 Å². The van der Waals surface area contributed by atoms with Crippen molar-refractivity contribution in [2.24, 2.45) is 0 Å². The van der Waals surface area contributed by atoms with Gasteiger partial charge in [0.05, 0.1) is 12.5 Å². The Hall–Kier alpha value is -2.11. The molecule has 0 aliphatic carbocycles. The van der Waals surface area contributed by atoms with Crippen molar-refractivity contribution in [2.45, 2.75) is 25.6 Å². The van der Waals surface area contributed by atoms with Crippen LogP contribution in [0.5, 0.6) is 0 Å². The van der Waals surface area contributed by atoms with E-state index in [0.717, 1.165) is 24.1 Å². The first kappa shape index (κ1) is 12.9. The molecule has 1 unspecified atom stereocenters. The maximum Gasteiger partial charge on any atom is 0.152 e. The average Bonchev–Trinajstić information content (AvgIpc) is 3.13. The number of quaternary nitrogens is 1. The lowest BCUT2D eigenvalue weighted by molar-refractivity contribution is -0.841. The highest BCUT2D eigenvalue weighted by Gasteiger charge is 2.54. The molecule has 2 heteroatoms. The van der Waals surface area contributed by atoms with Gasteiger partial charge in [0, 0.05) is 11.1 Å². The van der Waals surface area contributed by atoms with Crippen molar-refractivity contribution in [2.75, 3.05) is 6.54 Å². The topological polar surface area (TPSA) is 23.8 Å². The third-order valence-electron chi connectivity index (χ3n) is 4.22. The number of hydrogen-bond acceptors (Lipinski definition) is 1. The molecule has 1 atom stereocenters. The Morgan fingerprint density at radius 3 is 1.85 bits per heavy atom. The number of hydrogen-bond donors (Lipinski definition) is 0. The second-order valence-electron chi connectivity index (χ2n) is 5.70. The van der Waals surface area contributed by atoms with Gasteiger partial charge < -0.3 is 4.48 Å². The lowest BCUT2D eigenvalue weighted by Crippen LogP contribution is -2.27. The Balaban J connectivity index is 1.78. The number of benzene rings is 2. The first-order chi connectivity index (χ1) is 9.82. The van der Waals surface area contributed by atoms with Crippen LogP contribution in [-0.4, -0.2) is 17.1 Å². The monoisotopic (exact) mass is 263 g/mol. The second-order valence-corrected chi connectivity index (χ2v) is 5.70. The molecule has 20 heavy (non-hydrogen) atoms. The molecule has 0 radical (unpaired) electrons. The largest absolute Gasteiger partial charge is 0.303 e. The summed E-state index contributed by atoms with van der Waals surface area (Å²) in [5.41, 5.74) is 2.73. The molecule has 2 aromatic carbocycles. The van der Waals surface area contributed by atoms with Gasteiger partial charge in [0.15, 0.2) is 6.04 Å². The number of nitriles is 1. The third kappa shape index (κ3) is 2.74. The standard InChI is InChI=1S/C18H19N2/c19-12-11-18-15-20(18,13-16-7-3-1-4-8-16)14-17-9-5-2-6-10-17/h1-10,18H,11,13-15H2/q+1. The molecule has 1 heterocycles. The molecule has 1 aliphatic rings. The molecule has 2 nitrogen and oxygen atoms in total. The van der Waals surface area contributed by atoms with E-state index in [2.05, 4.69) is 66.7 Å². The average molecular weight is 263 g/mol. The smallest absolute Gasteiger partial charge is 0.152 e. The summed E-state index contributed by atoms with van der Waals surface area (Å²) in [5.74, 6) is 0. The summed E-state index contributed by atoms with van der Waals surface area (Å²) in [6.07, 6.45) is 0.666. The van der Waals surface area contributed by atoms with Gasteiger partial charge in [0.1, 0.15) is 19.6 Å². The van der Waals surface area contributed by atoms with Crippen molar-refractivity contribution in [3.8, 4) is 6.07 Å². The summed E-state index contributed by atoms with van der Waals surface area (Å²) < 4.78 is 1.03. The van der Waals surface area contributed by atoms with E-state index in [4.69, 9.17) is 5.26 Å². The highest BCUT2D eigenvalue weighted by molar-refractivity contribution is 5.16. The Morgan fingerprint density at radius 2 is 1.40 bits per heavy atom. The highest BCUT2D eigenvalue weighted by atomic mass is 15.5. The maximum atomic E-state index is 8.98. The maximum absolute atomic E-state index is 8.98. The minimum atomic E-state index is 0.500. The van der Waals surface area contributed by atoms with E-state index in [1.165, 1.54) is 11.1 Å². The van der Waals surface area contributed by atoms with Crippen molar-refractivity contribution in [1.29, 1.82) is 5.26 Å². The molecule has 0 saturated carbocycles. The molecule has 0 bridgehead atoms. The zero-order chi connectivity index (χ0) is 13.8. The molecule has 1 saturated heterocycles. The number of nitrogens with zero attached hydrogens (tertiary/aromatic N) is 2. The quantitative estimate of drug-likeness (QED) is 0.598. The lowest BCUT2D eigenvalue weighted by Gasteiger charge is -2.21. The molecule has 0 aromatic heterocycles. The Kier molecular flexibility index (Phi) is 3.54. The van der Waals surface area contributed by atoms with Crippen molar-refractivity contribution in [1.82, 2.24) is 0 Å². The van der Waals surface area contributed by atoms with Gasteiger partial charge in [-0.1, -0.05) is 60.7 Å². The molecule has 1 aliphatic heterocycles. The number of rotatable bonds is 5. The predicted molar refractivity (Wildman–Crippen MR) is 79.4 cm³/mol. The van der Waals surface area contributed by atoms with Gasteiger partial charge in [0.25, 0.3) is 0 Å². The van der Waals surface area contributed by atoms with Crippen LogP contribution in [0.3, 0.4) is 0 Å². The summed E-state index contributed by atoms with van der Waals surface area (Å²) in [6.45, 7) is 3.18. The van der Waals surface area contributed by atoms with Gasteiger partial charge >= 0.3 is 0 Å². The summed E-state index contributed by atoms with van der Waals surface area (Å²) in [6, 6.07) is 24.1. The van der Waals surface area contributed by atoms with Crippen molar-refractivity contribution in [3.05, 3.63) is 71.8 Å². The Labute approximate surface area is 120 Å². The van der Waals surface area contributed by atoms with E-state index in [0.29, 0.717) is 12.5 Å². The van der Waals surface area contributed by atoms with E-state index in [-0.39, 0.29) is 0 Å². The summed E-state index contributed by atoms with van der Waals surface area (Å²) in [4.78, 5) is 0. The van der Waals surface area contributed by atoms with E-state index in [1.807, 2.05) is 0 Å². The molecule has 1 fully saturated rings. The summed E-state index contributed by atoms with van der Waals surface area (Å²) >= 11 is 0. The van der Waals surface area contributed by atoms with Crippen LogP contribution < -0.4 is 0 Å². The van der Waals surface area contributed by atoms with Crippen LogP contribution in [0.2, 0.25) is 0 Å².